The Kier molecular flexibility index (Phi) is 7.00. The van der Waals surface area contributed by atoms with E-state index in [4.69, 9.17) is 0 Å². The number of hydrogen-bond donors (Lipinski definition) is 1. The zero-order chi connectivity index (χ0) is 21.0. The van der Waals surface area contributed by atoms with Crippen molar-refractivity contribution in [2.75, 3.05) is 18.4 Å². The van der Waals surface area contributed by atoms with Gasteiger partial charge in [0.25, 0.3) is 0 Å². The van der Waals surface area contributed by atoms with Crippen LogP contribution < -0.4 is 5.32 Å². The summed E-state index contributed by atoms with van der Waals surface area (Å²) in [4.78, 5) is 29.6. The van der Waals surface area contributed by atoms with Gasteiger partial charge in [0.2, 0.25) is 5.91 Å². The number of amides is 3. The number of anilines is 1. The lowest BCUT2D eigenvalue weighted by atomic mass is 10.2. The summed E-state index contributed by atoms with van der Waals surface area (Å²) in [6.45, 7) is 5.29. The predicted octanol–water partition coefficient (Wildman–Crippen LogP) is 4.47. The van der Waals surface area contributed by atoms with Crippen LogP contribution in [0.25, 0.3) is 0 Å². The van der Waals surface area contributed by atoms with Crippen molar-refractivity contribution in [2.24, 2.45) is 13.0 Å². The van der Waals surface area contributed by atoms with Gasteiger partial charge >= 0.3 is 6.03 Å². The van der Waals surface area contributed by atoms with Crippen LogP contribution in [0.4, 0.5) is 10.5 Å². The molecule has 1 aromatic carbocycles. The number of halogens is 1. The van der Waals surface area contributed by atoms with Crippen molar-refractivity contribution < 1.29 is 9.59 Å². The van der Waals surface area contributed by atoms with Crippen LogP contribution in [0.5, 0.6) is 0 Å². The molecule has 3 amide bonds. The Hall–Kier alpha value is -2.28. The molecule has 6 nitrogen and oxygen atoms in total. The minimum atomic E-state index is -0.246. The Balaban J connectivity index is 1.68. The molecule has 1 aliphatic rings. The largest absolute Gasteiger partial charge is 0.353 e. The molecule has 0 spiro atoms. The van der Waals surface area contributed by atoms with Crippen molar-refractivity contribution >= 4 is 33.6 Å². The van der Waals surface area contributed by atoms with E-state index in [1.54, 1.807) is 4.90 Å². The standard InChI is InChI=1S/C22H29BrN4O2/c1-16(2)13-26(22(29)24-18-8-6-17(23)7-9-18)15-21(28)27(19-10-11-19)14-20-5-4-12-25(20)3/h4-9,12,16,19H,10-11,13-15H2,1-3H3,(H,24,29). The lowest BCUT2D eigenvalue weighted by Crippen LogP contribution is -2.46. The van der Waals surface area contributed by atoms with Gasteiger partial charge in [-0.05, 0) is 55.2 Å². The Morgan fingerprint density at radius 2 is 1.90 bits per heavy atom. The van der Waals surface area contributed by atoms with Gasteiger partial charge in [0, 0.05) is 41.7 Å². The molecule has 0 aliphatic heterocycles. The van der Waals surface area contributed by atoms with Crippen LogP contribution in [0, 0.1) is 5.92 Å². The maximum atomic E-state index is 13.1. The highest BCUT2D eigenvalue weighted by Crippen LogP contribution is 2.28. The summed E-state index contributed by atoms with van der Waals surface area (Å²) in [5, 5.41) is 2.91. The van der Waals surface area contributed by atoms with Gasteiger partial charge in [0.05, 0.1) is 6.54 Å². The van der Waals surface area contributed by atoms with Crippen molar-refractivity contribution in [1.29, 1.82) is 0 Å². The molecule has 0 atom stereocenters. The third-order valence-corrected chi connectivity index (χ3v) is 5.51. The first-order valence-electron chi connectivity index (χ1n) is 10.0. The first-order valence-corrected chi connectivity index (χ1v) is 10.8. The number of benzene rings is 1. The minimum absolute atomic E-state index is 0.000283. The molecule has 0 unspecified atom stereocenters. The smallest absolute Gasteiger partial charge is 0.322 e. The fourth-order valence-corrected chi connectivity index (χ4v) is 3.56. The fraction of sp³-hybridized carbons (Fsp3) is 0.455. The van der Waals surface area contributed by atoms with Gasteiger partial charge in [-0.2, -0.15) is 0 Å². The first-order chi connectivity index (χ1) is 13.8. The Labute approximate surface area is 181 Å². The molecule has 1 heterocycles. The van der Waals surface area contributed by atoms with Crippen molar-refractivity contribution in [1.82, 2.24) is 14.4 Å². The topological polar surface area (TPSA) is 57.6 Å². The molecule has 7 heteroatoms. The van der Waals surface area contributed by atoms with Gasteiger partial charge in [0.15, 0.2) is 0 Å². The average molecular weight is 461 g/mol. The molecule has 3 rings (SSSR count). The van der Waals surface area contributed by atoms with E-state index >= 15 is 0 Å². The molecular formula is C22H29BrN4O2. The van der Waals surface area contributed by atoms with Crippen molar-refractivity contribution in [3.05, 3.63) is 52.8 Å². The van der Waals surface area contributed by atoms with Crippen LogP contribution in [0.2, 0.25) is 0 Å². The summed E-state index contributed by atoms with van der Waals surface area (Å²) in [6, 6.07) is 11.5. The number of rotatable bonds is 8. The van der Waals surface area contributed by atoms with E-state index < -0.39 is 0 Å². The summed E-state index contributed by atoms with van der Waals surface area (Å²) >= 11 is 3.40. The molecule has 2 aromatic rings. The summed E-state index contributed by atoms with van der Waals surface area (Å²) in [5.41, 5.74) is 1.81. The molecular weight excluding hydrogens is 432 g/mol. The molecule has 29 heavy (non-hydrogen) atoms. The molecule has 1 fully saturated rings. The van der Waals surface area contributed by atoms with Gasteiger partial charge in [-0.1, -0.05) is 29.8 Å². The van der Waals surface area contributed by atoms with Gasteiger partial charge in [-0.3, -0.25) is 4.79 Å². The lowest BCUT2D eigenvalue weighted by Gasteiger charge is -2.29. The summed E-state index contributed by atoms with van der Waals surface area (Å²) in [6.07, 6.45) is 4.05. The van der Waals surface area contributed by atoms with E-state index in [2.05, 4.69) is 21.2 Å². The molecule has 156 valence electrons. The van der Waals surface area contributed by atoms with E-state index in [1.807, 2.05) is 73.0 Å². The Morgan fingerprint density at radius 1 is 1.21 bits per heavy atom. The monoisotopic (exact) mass is 460 g/mol. The second-order valence-corrected chi connectivity index (χ2v) is 8.99. The number of hydrogen-bond acceptors (Lipinski definition) is 2. The number of aryl methyl sites for hydroxylation is 1. The van der Waals surface area contributed by atoms with Crippen LogP contribution in [-0.2, 0) is 18.4 Å². The lowest BCUT2D eigenvalue weighted by molar-refractivity contribution is -0.133. The fourth-order valence-electron chi connectivity index (χ4n) is 3.29. The number of nitrogens with one attached hydrogen (secondary N) is 1. The highest BCUT2D eigenvalue weighted by atomic mass is 79.9. The quantitative estimate of drug-likeness (QED) is 0.631. The molecule has 0 saturated heterocycles. The van der Waals surface area contributed by atoms with Crippen molar-refractivity contribution in [3.63, 3.8) is 0 Å². The van der Waals surface area contributed by atoms with Crippen molar-refractivity contribution in [2.45, 2.75) is 39.3 Å². The maximum absolute atomic E-state index is 13.1. The van der Waals surface area contributed by atoms with Crippen LogP contribution in [-0.4, -0.2) is 45.4 Å². The Morgan fingerprint density at radius 3 is 2.45 bits per heavy atom. The van der Waals surface area contributed by atoms with E-state index in [0.717, 1.165) is 23.0 Å². The number of carbonyl (C=O) groups excluding carboxylic acids is 2. The van der Waals surface area contributed by atoms with E-state index in [1.165, 1.54) is 0 Å². The van der Waals surface area contributed by atoms with E-state index in [0.29, 0.717) is 18.8 Å². The highest BCUT2D eigenvalue weighted by molar-refractivity contribution is 9.10. The predicted molar refractivity (Wildman–Crippen MR) is 119 cm³/mol. The molecule has 0 bridgehead atoms. The summed E-state index contributed by atoms with van der Waals surface area (Å²) in [7, 11) is 1.99. The van der Waals surface area contributed by atoms with Gasteiger partial charge in [0.1, 0.15) is 6.54 Å². The zero-order valence-corrected chi connectivity index (χ0v) is 18.9. The van der Waals surface area contributed by atoms with Gasteiger partial charge < -0.3 is 19.7 Å². The van der Waals surface area contributed by atoms with Crippen LogP contribution in [0.15, 0.2) is 47.1 Å². The molecule has 1 aromatic heterocycles. The zero-order valence-electron chi connectivity index (χ0n) is 17.3. The molecule has 0 radical (unpaired) electrons. The highest BCUT2D eigenvalue weighted by Gasteiger charge is 2.34. The third-order valence-electron chi connectivity index (χ3n) is 4.99. The SMILES string of the molecule is CC(C)CN(CC(=O)N(Cc1cccn1C)C1CC1)C(=O)Nc1ccc(Br)cc1. The second kappa shape index (κ2) is 9.48. The first kappa shape index (κ1) is 21.4. The maximum Gasteiger partial charge on any atom is 0.322 e. The average Bonchev–Trinajstić information content (AvgIpc) is 3.42. The number of carbonyl (C=O) groups is 2. The van der Waals surface area contributed by atoms with Crippen molar-refractivity contribution in [3.8, 4) is 0 Å². The number of aromatic nitrogens is 1. The molecule has 1 saturated carbocycles. The third kappa shape index (κ3) is 6.10. The minimum Gasteiger partial charge on any atom is -0.353 e. The van der Waals surface area contributed by atoms with Crippen LogP contribution in [0.1, 0.15) is 32.4 Å². The summed E-state index contributed by atoms with van der Waals surface area (Å²) < 4.78 is 2.99. The van der Waals surface area contributed by atoms with E-state index in [-0.39, 0.29) is 30.4 Å². The normalized spacial score (nSPS) is 13.4. The number of urea groups is 1. The van der Waals surface area contributed by atoms with Crippen LogP contribution >= 0.6 is 15.9 Å². The Bertz CT molecular complexity index is 843. The molecule has 1 N–H and O–H groups in total. The second-order valence-electron chi connectivity index (χ2n) is 8.07. The number of nitrogens with zero attached hydrogens (tertiary/aromatic N) is 3. The summed E-state index contributed by atoms with van der Waals surface area (Å²) in [5.74, 6) is 0.265. The van der Waals surface area contributed by atoms with E-state index in [9.17, 15) is 9.59 Å². The van der Waals surface area contributed by atoms with Crippen LogP contribution in [0.3, 0.4) is 0 Å². The van der Waals surface area contributed by atoms with Gasteiger partial charge in [-0.15, -0.1) is 0 Å². The van der Waals surface area contributed by atoms with Gasteiger partial charge in [-0.25, -0.2) is 4.79 Å². The molecule has 1 aliphatic carbocycles.